The number of hydrogen-bond donors (Lipinski definition) is 0. The normalized spacial score (nSPS) is 9.50. The van der Waals surface area contributed by atoms with Gasteiger partial charge in [0.15, 0.2) is 11.6 Å². The summed E-state index contributed by atoms with van der Waals surface area (Å²) in [5, 5.41) is 0. The molecule has 1 aromatic carbocycles. The first kappa shape index (κ1) is 8.64. The highest BCUT2D eigenvalue weighted by Crippen LogP contribution is 2.11. The van der Waals surface area contributed by atoms with E-state index in [1.165, 1.54) is 12.1 Å². The van der Waals surface area contributed by atoms with E-state index in [2.05, 4.69) is 4.74 Å². The summed E-state index contributed by atoms with van der Waals surface area (Å²) in [6.07, 6.45) is 0. The molecule has 0 N–H and O–H groups in total. The Labute approximate surface area is 67.8 Å². The highest BCUT2D eigenvalue weighted by Gasteiger charge is 2.06. The summed E-state index contributed by atoms with van der Waals surface area (Å²) in [6, 6.07) is 3.70. The third kappa shape index (κ3) is 1.78. The average molecular weight is 172 g/mol. The van der Waals surface area contributed by atoms with Crippen molar-refractivity contribution in [3.8, 4) is 0 Å². The fourth-order valence-corrected chi connectivity index (χ4v) is 0.784. The molecule has 0 spiro atoms. The lowest BCUT2D eigenvalue weighted by Crippen LogP contribution is -1.96. The van der Waals surface area contributed by atoms with Crippen molar-refractivity contribution in [1.29, 1.82) is 0 Å². The van der Waals surface area contributed by atoms with Crippen LogP contribution in [0.3, 0.4) is 0 Å². The van der Waals surface area contributed by atoms with Crippen LogP contribution < -0.4 is 0 Å². The molecule has 0 aliphatic heterocycles. The largest absolute Gasteiger partial charge is 0.463 e. The van der Waals surface area contributed by atoms with Crippen LogP contribution in [0.25, 0.3) is 0 Å². The van der Waals surface area contributed by atoms with Crippen molar-refractivity contribution in [3.05, 3.63) is 35.4 Å². The van der Waals surface area contributed by atoms with E-state index < -0.39 is 11.6 Å². The standard InChI is InChI=1S/C8H6F2O2/c9-7-3-1-2-6(8(7)10)4-12-5-11/h1-3,5H,4H2. The van der Waals surface area contributed by atoms with E-state index in [1.54, 1.807) is 0 Å². The van der Waals surface area contributed by atoms with Gasteiger partial charge in [-0.15, -0.1) is 0 Å². The monoisotopic (exact) mass is 172 g/mol. The Kier molecular flexibility index (Phi) is 2.74. The van der Waals surface area contributed by atoms with Gasteiger partial charge in [-0.05, 0) is 6.07 Å². The first-order valence-electron chi connectivity index (χ1n) is 3.24. The van der Waals surface area contributed by atoms with Gasteiger partial charge in [-0.25, -0.2) is 8.78 Å². The van der Waals surface area contributed by atoms with E-state index in [-0.39, 0.29) is 18.6 Å². The van der Waals surface area contributed by atoms with Gasteiger partial charge in [-0.2, -0.15) is 0 Å². The lowest BCUT2D eigenvalue weighted by molar-refractivity contribution is -0.129. The van der Waals surface area contributed by atoms with Crippen molar-refractivity contribution >= 4 is 6.47 Å². The number of benzene rings is 1. The van der Waals surface area contributed by atoms with Gasteiger partial charge in [0.1, 0.15) is 6.61 Å². The molecule has 0 heterocycles. The van der Waals surface area contributed by atoms with E-state index in [9.17, 15) is 13.6 Å². The minimum atomic E-state index is -0.973. The van der Waals surface area contributed by atoms with Crippen LogP contribution in [0, 0.1) is 11.6 Å². The van der Waals surface area contributed by atoms with Crippen LogP contribution in [-0.2, 0) is 16.1 Å². The van der Waals surface area contributed by atoms with Crippen LogP contribution in [0.15, 0.2) is 18.2 Å². The second-order valence-corrected chi connectivity index (χ2v) is 2.12. The zero-order valence-corrected chi connectivity index (χ0v) is 6.09. The molecule has 0 aliphatic rings. The quantitative estimate of drug-likeness (QED) is 0.648. The fourth-order valence-electron chi connectivity index (χ4n) is 0.784. The van der Waals surface area contributed by atoms with Gasteiger partial charge in [-0.1, -0.05) is 12.1 Å². The van der Waals surface area contributed by atoms with Crippen molar-refractivity contribution in [3.63, 3.8) is 0 Å². The van der Waals surface area contributed by atoms with Gasteiger partial charge in [-0.3, -0.25) is 4.79 Å². The molecule has 0 radical (unpaired) electrons. The van der Waals surface area contributed by atoms with Gasteiger partial charge in [0.2, 0.25) is 0 Å². The second-order valence-electron chi connectivity index (χ2n) is 2.12. The van der Waals surface area contributed by atoms with E-state index in [4.69, 9.17) is 0 Å². The first-order chi connectivity index (χ1) is 5.75. The molecule has 1 rings (SSSR count). The molecule has 0 unspecified atom stereocenters. The minimum absolute atomic E-state index is 0.0297. The van der Waals surface area contributed by atoms with Crippen LogP contribution >= 0.6 is 0 Å². The predicted molar refractivity (Wildman–Crippen MR) is 37.2 cm³/mol. The number of carbonyl (C=O) groups is 1. The lowest BCUT2D eigenvalue weighted by atomic mass is 10.2. The SMILES string of the molecule is O=COCc1cccc(F)c1F. The average Bonchev–Trinajstić information content (AvgIpc) is 2.08. The Bertz CT molecular complexity index is 286. The summed E-state index contributed by atoms with van der Waals surface area (Å²) in [6.45, 7) is -0.0581. The number of carbonyl (C=O) groups excluding carboxylic acids is 1. The zero-order valence-electron chi connectivity index (χ0n) is 6.09. The summed E-state index contributed by atoms with van der Waals surface area (Å²) in [5.41, 5.74) is 0.0297. The van der Waals surface area contributed by atoms with Crippen LogP contribution in [0.1, 0.15) is 5.56 Å². The number of halogens is 2. The molecular formula is C8H6F2O2. The maximum Gasteiger partial charge on any atom is 0.293 e. The van der Waals surface area contributed by atoms with Crippen molar-refractivity contribution < 1.29 is 18.3 Å². The lowest BCUT2D eigenvalue weighted by Gasteiger charge is -2.00. The topological polar surface area (TPSA) is 26.3 Å². The highest BCUT2D eigenvalue weighted by atomic mass is 19.2. The van der Waals surface area contributed by atoms with Gasteiger partial charge in [0.05, 0.1) is 0 Å². The molecule has 0 amide bonds. The molecule has 2 nitrogen and oxygen atoms in total. The molecule has 0 atom stereocenters. The minimum Gasteiger partial charge on any atom is -0.463 e. The Hall–Kier alpha value is -1.45. The first-order valence-corrected chi connectivity index (χ1v) is 3.24. The summed E-state index contributed by atoms with van der Waals surface area (Å²) >= 11 is 0. The molecule has 0 aromatic heterocycles. The molecule has 12 heavy (non-hydrogen) atoms. The molecule has 4 heteroatoms. The fraction of sp³-hybridized carbons (Fsp3) is 0.125. The van der Waals surface area contributed by atoms with Gasteiger partial charge in [0, 0.05) is 5.56 Å². The number of hydrogen-bond acceptors (Lipinski definition) is 2. The maximum absolute atomic E-state index is 12.8. The molecule has 0 saturated carbocycles. The third-order valence-corrected chi connectivity index (χ3v) is 1.34. The van der Waals surface area contributed by atoms with Crippen molar-refractivity contribution in [2.24, 2.45) is 0 Å². The Morgan fingerprint density at radius 1 is 1.42 bits per heavy atom. The molecule has 64 valence electrons. The Morgan fingerprint density at radius 2 is 2.17 bits per heavy atom. The summed E-state index contributed by atoms with van der Waals surface area (Å²) < 4.78 is 29.5. The van der Waals surface area contributed by atoms with E-state index in [0.29, 0.717) is 0 Å². The van der Waals surface area contributed by atoms with Crippen LogP contribution in [0.4, 0.5) is 8.78 Å². The molecule has 0 bridgehead atoms. The summed E-state index contributed by atoms with van der Waals surface area (Å²) in [4.78, 5) is 9.74. The highest BCUT2D eigenvalue weighted by molar-refractivity contribution is 5.37. The third-order valence-electron chi connectivity index (χ3n) is 1.34. The number of ether oxygens (including phenoxy) is 1. The summed E-state index contributed by atoms with van der Waals surface area (Å²) in [5.74, 6) is -1.92. The van der Waals surface area contributed by atoms with Crippen molar-refractivity contribution in [2.75, 3.05) is 0 Å². The van der Waals surface area contributed by atoms with Crippen molar-refractivity contribution in [1.82, 2.24) is 0 Å². The summed E-state index contributed by atoms with van der Waals surface area (Å²) in [7, 11) is 0. The molecule has 1 aromatic rings. The van der Waals surface area contributed by atoms with Gasteiger partial charge >= 0.3 is 0 Å². The van der Waals surface area contributed by atoms with E-state index in [1.807, 2.05) is 0 Å². The van der Waals surface area contributed by atoms with E-state index in [0.717, 1.165) is 6.07 Å². The van der Waals surface area contributed by atoms with E-state index >= 15 is 0 Å². The van der Waals surface area contributed by atoms with Gasteiger partial charge < -0.3 is 4.74 Å². The van der Waals surface area contributed by atoms with Crippen LogP contribution in [0.2, 0.25) is 0 Å². The molecule has 0 aliphatic carbocycles. The molecule has 0 fully saturated rings. The molecular weight excluding hydrogens is 166 g/mol. The van der Waals surface area contributed by atoms with Gasteiger partial charge in [0.25, 0.3) is 6.47 Å². The Morgan fingerprint density at radius 3 is 2.83 bits per heavy atom. The van der Waals surface area contributed by atoms with Crippen molar-refractivity contribution in [2.45, 2.75) is 6.61 Å². The molecule has 0 saturated heterocycles. The number of rotatable bonds is 3. The van der Waals surface area contributed by atoms with Crippen LogP contribution in [0.5, 0.6) is 0 Å². The predicted octanol–water partition coefficient (Wildman–Crippen LogP) is 1.64. The maximum atomic E-state index is 12.8. The van der Waals surface area contributed by atoms with Crippen LogP contribution in [-0.4, -0.2) is 6.47 Å². The smallest absolute Gasteiger partial charge is 0.293 e. The second kappa shape index (κ2) is 3.80. The Balaban J connectivity index is 2.84. The zero-order chi connectivity index (χ0) is 8.97.